The van der Waals surface area contributed by atoms with Crippen LogP contribution in [-0.2, 0) is 14.3 Å². The predicted molar refractivity (Wildman–Crippen MR) is 119 cm³/mol. The van der Waals surface area contributed by atoms with Crippen LogP contribution >= 0.6 is 22.6 Å². The van der Waals surface area contributed by atoms with Crippen LogP contribution in [0, 0.1) is 3.57 Å². The maximum absolute atomic E-state index is 13.0. The highest BCUT2D eigenvalue weighted by Crippen LogP contribution is 2.34. The van der Waals surface area contributed by atoms with E-state index in [2.05, 4.69) is 10.1 Å². The molecule has 160 valence electrons. The van der Waals surface area contributed by atoms with E-state index in [0.29, 0.717) is 15.7 Å². The molecule has 0 bridgehead atoms. The Bertz CT molecular complexity index is 1110. The molecule has 2 aromatic rings. The lowest BCUT2D eigenvalue weighted by Crippen LogP contribution is -2.54. The first-order valence-corrected chi connectivity index (χ1v) is 10.1. The fourth-order valence-corrected chi connectivity index (χ4v) is 3.49. The number of phenols is 1. The van der Waals surface area contributed by atoms with Crippen LogP contribution in [0.2, 0.25) is 0 Å². The van der Waals surface area contributed by atoms with Crippen molar-refractivity contribution in [1.82, 2.24) is 5.32 Å². The summed E-state index contributed by atoms with van der Waals surface area (Å²) in [7, 11) is 1.24. The molecule has 3 rings (SSSR count). The summed E-state index contributed by atoms with van der Waals surface area (Å²) in [5, 5.41) is 12.2. The smallest absolute Gasteiger partial charge is 0.337 e. The summed E-state index contributed by atoms with van der Waals surface area (Å²) in [6.07, 6.45) is 1.31. The Balaban J connectivity index is 1.99. The summed E-state index contributed by atoms with van der Waals surface area (Å²) in [4.78, 5) is 50.1. The minimum atomic E-state index is -0.909. The fraction of sp³-hybridized carbons (Fsp3) is 0.143. The van der Waals surface area contributed by atoms with Gasteiger partial charge in [-0.1, -0.05) is 0 Å². The number of carbonyl (C=O) groups excluding carboxylic acids is 4. The lowest BCUT2D eigenvalue weighted by atomic mass is 10.1. The second-order valence-corrected chi connectivity index (χ2v) is 7.44. The van der Waals surface area contributed by atoms with Gasteiger partial charge in [0.1, 0.15) is 5.57 Å². The monoisotopic (exact) mass is 536 g/mol. The average molecular weight is 536 g/mol. The molecule has 0 unspecified atom stereocenters. The molecule has 31 heavy (non-hydrogen) atoms. The van der Waals surface area contributed by atoms with Gasteiger partial charge in [0.2, 0.25) is 0 Å². The third-order valence-corrected chi connectivity index (χ3v) is 5.13. The third kappa shape index (κ3) is 4.53. The van der Waals surface area contributed by atoms with Crippen molar-refractivity contribution < 1.29 is 33.8 Å². The highest BCUT2D eigenvalue weighted by molar-refractivity contribution is 14.1. The zero-order valence-corrected chi connectivity index (χ0v) is 18.6. The van der Waals surface area contributed by atoms with Gasteiger partial charge in [-0.25, -0.2) is 14.5 Å². The Morgan fingerprint density at radius 1 is 1.19 bits per heavy atom. The van der Waals surface area contributed by atoms with Gasteiger partial charge >= 0.3 is 12.0 Å². The van der Waals surface area contributed by atoms with Gasteiger partial charge in [-0.05, 0) is 77.6 Å². The number of benzene rings is 2. The molecule has 9 nitrogen and oxygen atoms in total. The van der Waals surface area contributed by atoms with Gasteiger partial charge in [-0.2, -0.15) is 0 Å². The fourth-order valence-electron chi connectivity index (χ4n) is 2.87. The number of phenolic OH excluding ortho intramolecular Hbond substituents is 1. The highest BCUT2D eigenvalue weighted by atomic mass is 127. The SMILES string of the molecule is CCOc1cc(/C=C2\C(=O)NC(=O)N(c3ccc(C(=O)OC)cc3)C2=O)cc(I)c1O. The summed E-state index contributed by atoms with van der Waals surface area (Å²) >= 11 is 1.90. The molecular formula is C21H17IN2O7. The number of halogens is 1. The summed E-state index contributed by atoms with van der Waals surface area (Å²) < 4.78 is 10.5. The van der Waals surface area contributed by atoms with Crippen molar-refractivity contribution in [3.05, 3.63) is 56.7 Å². The first-order chi connectivity index (χ1) is 14.8. The number of aromatic hydroxyl groups is 1. The van der Waals surface area contributed by atoms with Gasteiger partial charge in [0.25, 0.3) is 11.8 Å². The summed E-state index contributed by atoms with van der Waals surface area (Å²) in [5.74, 6) is -2.09. The number of rotatable bonds is 5. The standard InChI is InChI=1S/C21H17IN2O7/c1-3-31-16-10-11(9-15(22)17(16)25)8-14-18(26)23-21(29)24(19(14)27)13-6-4-12(5-7-13)20(28)30-2/h4-10,25H,3H2,1-2H3,(H,23,26,29)/b14-8+. The molecular weight excluding hydrogens is 519 g/mol. The molecule has 0 atom stereocenters. The molecule has 1 aliphatic rings. The number of hydrogen-bond donors (Lipinski definition) is 2. The van der Waals surface area contributed by atoms with E-state index < -0.39 is 23.8 Å². The summed E-state index contributed by atoms with van der Waals surface area (Å²) in [6, 6.07) is 7.74. The molecule has 1 heterocycles. The van der Waals surface area contributed by atoms with Crippen LogP contribution in [0.5, 0.6) is 11.5 Å². The largest absolute Gasteiger partial charge is 0.504 e. The second-order valence-electron chi connectivity index (χ2n) is 6.28. The first-order valence-electron chi connectivity index (χ1n) is 9.02. The van der Waals surface area contributed by atoms with Crippen LogP contribution in [0.3, 0.4) is 0 Å². The van der Waals surface area contributed by atoms with Crippen molar-refractivity contribution in [2.24, 2.45) is 0 Å². The number of nitrogens with one attached hydrogen (secondary N) is 1. The van der Waals surface area contributed by atoms with E-state index in [1.165, 1.54) is 43.5 Å². The number of imide groups is 2. The van der Waals surface area contributed by atoms with Gasteiger partial charge in [-0.15, -0.1) is 0 Å². The highest BCUT2D eigenvalue weighted by Gasteiger charge is 2.37. The molecule has 1 aliphatic heterocycles. The van der Waals surface area contributed by atoms with Crippen molar-refractivity contribution in [3.8, 4) is 11.5 Å². The van der Waals surface area contributed by atoms with E-state index >= 15 is 0 Å². The van der Waals surface area contributed by atoms with Crippen molar-refractivity contribution in [1.29, 1.82) is 0 Å². The molecule has 0 spiro atoms. The maximum atomic E-state index is 13.0. The molecule has 0 aromatic heterocycles. The van der Waals surface area contributed by atoms with Gasteiger partial charge in [0.15, 0.2) is 11.5 Å². The van der Waals surface area contributed by atoms with Crippen molar-refractivity contribution in [2.45, 2.75) is 6.92 Å². The minimum Gasteiger partial charge on any atom is -0.504 e. The number of carbonyl (C=O) groups is 4. The topological polar surface area (TPSA) is 122 Å². The van der Waals surface area contributed by atoms with Crippen molar-refractivity contribution in [3.63, 3.8) is 0 Å². The molecule has 4 amide bonds. The number of urea groups is 1. The normalized spacial score (nSPS) is 15.1. The Kier molecular flexibility index (Phi) is 6.59. The molecule has 10 heteroatoms. The zero-order chi connectivity index (χ0) is 22.7. The molecule has 1 saturated heterocycles. The molecule has 0 radical (unpaired) electrons. The van der Waals surface area contributed by atoms with E-state index in [-0.39, 0.29) is 28.3 Å². The number of hydrogen-bond acceptors (Lipinski definition) is 7. The molecule has 0 saturated carbocycles. The summed E-state index contributed by atoms with van der Waals surface area (Å²) in [5.41, 5.74) is 0.564. The summed E-state index contributed by atoms with van der Waals surface area (Å²) in [6.45, 7) is 2.07. The van der Waals surface area contributed by atoms with Gasteiger partial charge < -0.3 is 14.6 Å². The van der Waals surface area contributed by atoms with Crippen LogP contribution < -0.4 is 15.0 Å². The third-order valence-electron chi connectivity index (χ3n) is 4.31. The lowest BCUT2D eigenvalue weighted by molar-refractivity contribution is -0.122. The van der Waals surface area contributed by atoms with Crippen LogP contribution in [0.15, 0.2) is 42.0 Å². The van der Waals surface area contributed by atoms with Crippen molar-refractivity contribution >= 4 is 58.2 Å². The van der Waals surface area contributed by atoms with E-state index in [1.807, 2.05) is 22.6 Å². The minimum absolute atomic E-state index is 0.0495. The lowest BCUT2D eigenvalue weighted by Gasteiger charge is -2.26. The zero-order valence-electron chi connectivity index (χ0n) is 16.5. The van der Waals surface area contributed by atoms with Crippen LogP contribution in [0.4, 0.5) is 10.5 Å². The number of esters is 1. The van der Waals surface area contributed by atoms with Gasteiger partial charge in [0, 0.05) is 0 Å². The molecule has 0 aliphatic carbocycles. The number of methoxy groups -OCH3 is 1. The van der Waals surface area contributed by atoms with Crippen LogP contribution in [0.1, 0.15) is 22.8 Å². The predicted octanol–water partition coefficient (Wildman–Crippen LogP) is 2.85. The Morgan fingerprint density at radius 3 is 2.48 bits per heavy atom. The number of nitrogens with zero attached hydrogens (tertiary/aromatic N) is 1. The molecule has 2 N–H and O–H groups in total. The van der Waals surface area contributed by atoms with Crippen LogP contribution in [-0.4, -0.2) is 42.6 Å². The number of anilines is 1. The molecule has 2 aromatic carbocycles. The van der Waals surface area contributed by atoms with E-state index in [4.69, 9.17) is 4.74 Å². The number of ether oxygens (including phenoxy) is 2. The van der Waals surface area contributed by atoms with E-state index in [0.717, 1.165) is 4.90 Å². The Labute approximate surface area is 190 Å². The van der Waals surface area contributed by atoms with Crippen LogP contribution in [0.25, 0.3) is 6.08 Å². The quantitative estimate of drug-likeness (QED) is 0.261. The number of amides is 4. The number of barbiturate groups is 1. The Morgan fingerprint density at radius 2 is 1.87 bits per heavy atom. The van der Waals surface area contributed by atoms with Gasteiger partial charge in [-0.3, -0.25) is 14.9 Å². The van der Waals surface area contributed by atoms with E-state index in [9.17, 15) is 24.3 Å². The van der Waals surface area contributed by atoms with Gasteiger partial charge in [0.05, 0.1) is 28.5 Å². The Hall–Kier alpha value is -3.41. The second kappa shape index (κ2) is 9.16. The van der Waals surface area contributed by atoms with E-state index in [1.54, 1.807) is 13.0 Å². The average Bonchev–Trinajstić information content (AvgIpc) is 2.74. The van der Waals surface area contributed by atoms with Crippen molar-refractivity contribution in [2.75, 3.05) is 18.6 Å². The first kappa shape index (κ1) is 22.3. The molecule has 1 fully saturated rings. The maximum Gasteiger partial charge on any atom is 0.337 e.